The lowest BCUT2D eigenvalue weighted by Gasteiger charge is -2.12. The molecule has 3 amide bonds. The van der Waals surface area contributed by atoms with Crippen molar-refractivity contribution < 1.29 is 14.0 Å². The summed E-state index contributed by atoms with van der Waals surface area (Å²) in [6, 6.07) is 4.48. The van der Waals surface area contributed by atoms with Crippen LogP contribution in [-0.4, -0.2) is 21.9 Å². The molecule has 0 saturated carbocycles. The number of nitrogens with one attached hydrogen (secondary N) is 2. The topological polar surface area (TPSA) is 123 Å². The zero-order chi connectivity index (χ0) is 21.9. The highest BCUT2D eigenvalue weighted by Crippen LogP contribution is 2.25. The lowest BCUT2D eigenvalue weighted by Crippen LogP contribution is -2.20. The van der Waals surface area contributed by atoms with Crippen molar-refractivity contribution in [1.29, 1.82) is 0 Å². The van der Waals surface area contributed by atoms with Gasteiger partial charge in [-0.2, -0.15) is 0 Å². The molecule has 4 N–H and O–H groups in total. The maximum atomic E-state index is 12.2. The van der Waals surface area contributed by atoms with E-state index in [9.17, 15) is 9.59 Å². The molecule has 0 saturated heterocycles. The number of nitrogens with two attached hydrogens (primary N) is 1. The Labute approximate surface area is 178 Å². The quantitative estimate of drug-likeness (QED) is 0.549. The number of carbonyl (C=O) groups is 2. The van der Waals surface area contributed by atoms with Crippen LogP contribution in [0.2, 0.25) is 0 Å². The average molecular weight is 426 g/mol. The van der Waals surface area contributed by atoms with Gasteiger partial charge in [-0.25, -0.2) is 14.8 Å². The number of aryl methyl sites for hydroxylation is 1. The summed E-state index contributed by atoms with van der Waals surface area (Å²) in [4.78, 5) is 32.9. The minimum absolute atomic E-state index is 0.107. The Morgan fingerprint density at radius 1 is 1.13 bits per heavy atom. The van der Waals surface area contributed by atoms with E-state index in [0.29, 0.717) is 22.3 Å². The molecule has 1 aromatic carbocycles. The van der Waals surface area contributed by atoms with Crippen LogP contribution in [-0.2, 0) is 5.41 Å². The smallest absolute Gasteiger partial charge is 0.325 e. The predicted molar refractivity (Wildman–Crippen MR) is 119 cm³/mol. The predicted octanol–water partition coefficient (Wildman–Crippen LogP) is 4.65. The fourth-order valence-electron chi connectivity index (χ4n) is 2.51. The molecule has 9 heteroatoms. The van der Waals surface area contributed by atoms with Crippen molar-refractivity contribution in [2.24, 2.45) is 5.73 Å². The average Bonchev–Trinajstić information content (AvgIpc) is 3.30. The number of hydrogen-bond acceptors (Lipinski definition) is 6. The van der Waals surface area contributed by atoms with Crippen LogP contribution in [0.25, 0.3) is 12.2 Å². The van der Waals surface area contributed by atoms with Crippen molar-refractivity contribution in [3.8, 4) is 0 Å². The molecule has 2 aromatic heterocycles. The maximum Gasteiger partial charge on any atom is 0.325 e. The Kier molecular flexibility index (Phi) is 6.02. The number of carbonyl (C=O) groups excluding carboxylic acids is 2. The highest BCUT2D eigenvalue weighted by atomic mass is 32.1. The molecule has 0 unspecified atom stereocenters. The van der Waals surface area contributed by atoms with Gasteiger partial charge in [0.1, 0.15) is 5.76 Å². The van der Waals surface area contributed by atoms with Crippen LogP contribution in [0.15, 0.2) is 35.0 Å². The molecular formula is C21H23N5O3S. The summed E-state index contributed by atoms with van der Waals surface area (Å²) >= 11 is 1.30. The summed E-state index contributed by atoms with van der Waals surface area (Å²) in [5, 5.41) is 5.76. The van der Waals surface area contributed by atoms with E-state index in [4.69, 9.17) is 10.2 Å². The summed E-state index contributed by atoms with van der Waals surface area (Å²) in [6.45, 7) is 7.94. The van der Waals surface area contributed by atoms with E-state index >= 15 is 0 Å². The summed E-state index contributed by atoms with van der Waals surface area (Å²) in [6.07, 6.45) is 6.93. The molecule has 156 valence electrons. The maximum absolute atomic E-state index is 12.2. The molecular weight excluding hydrogens is 402 g/mol. The number of benzene rings is 1. The number of primary amides is 1. The van der Waals surface area contributed by atoms with Gasteiger partial charge in [0.2, 0.25) is 11.8 Å². The Balaban J connectivity index is 1.61. The van der Waals surface area contributed by atoms with Gasteiger partial charge < -0.3 is 15.5 Å². The summed E-state index contributed by atoms with van der Waals surface area (Å²) in [5.41, 5.74) is 6.79. The Morgan fingerprint density at radius 2 is 1.90 bits per heavy atom. The molecule has 0 atom stereocenters. The lowest BCUT2D eigenvalue weighted by molar-refractivity contribution is 0.0999. The zero-order valence-electron chi connectivity index (χ0n) is 17.1. The SMILES string of the molecule is Cc1ccc(NC(=O)Nc2ncc(C=Cc3ncc(C(C)(C)C)o3)s2)cc1C(N)=O. The molecule has 0 aliphatic heterocycles. The van der Waals surface area contributed by atoms with E-state index in [1.54, 1.807) is 37.5 Å². The molecule has 0 aliphatic carbocycles. The Hall–Kier alpha value is -3.46. The first-order chi connectivity index (χ1) is 14.1. The number of rotatable bonds is 5. The second-order valence-corrected chi connectivity index (χ2v) is 8.75. The second kappa shape index (κ2) is 8.50. The number of nitrogens with zero attached hydrogens (tertiary/aromatic N) is 2. The van der Waals surface area contributed by atoms with Crippen molar-refractivity contribution in [2.75, 3.05) is 10.6 Å². The molecule has 0 bridgehead atoms. The van der Waals surface area contributed by atoms with Gasteiger partial charge in [-0.05, 0) is 30.7 Å². The van der Waals surface area contributed by atoms with Crippen LogP contribution in [0.1, 0.15) is 53.2 Å². The standard InChI is InChI=1S/C21H23N5O3S/c1-12-5-6-13(9-15(12)18(22)27)25-19(28)26-20-24-10-14(30-20)7-8-17-23-11-16(29-17)21(2,3)4/h5-11H,1-4H3,(H2,22,27)(H2,24,25,26,28). The van der Waals surface area contributed by atoms with Crippen LogP contribution in [0.4, 0.5) is 15.6 Å². The van der Waals surface area contributed by atoms with Gasteiger partial charge in [0.15, 0.2) is 5.13 Å². The zero-order valence-corrected chi connectivity index (χ0v) is 18.0. The van der Waals surface area contributed by atoms with Crippen LogP contribution in [0.3, 0.4) is 0 Å². The van der Waals surface area contributed by atoms with Crippen molar-refractivity contribution in [3.05, 3.63) is 58.2 Å². The molecule has 3 aromatic rings. The first-order valence-electron chi connectivity index (χ1n) is 9.20. The molecule has 30 heavy (non-hydrogen) atoms. The van der Waals surface area contributed by atoms with Gasteiger partial charge in [0.05, 0.1) is 6.20 Å². The van der Waals surface area contributed by atoms with Crippen molar-refractivity contribution in [1.82, 2.24) is 9.97 Å². The van der Waals surface area contributed by atoms with Gasteiger partial charge in [-0.3, -0.25) is 10.1 Å². The minimum atomic E-state index is -0.548. The number of urea groups is 1. The van der Waals surface area contributed by atoms with Crippen molar-refractivity contribution in [3.63, 3.8) is 0 Å². The van der Waals surface area contributed by atoms with Crippen LogP contribution < -0.4 is 16.4 Å². The monoisotopic (exact) mass is 425 g/mol. The van der Waals surface area contributed by atoms with Gasteiger partial charge in [0, 0.05) is 33.8 Å². The van der Waals surface area contributed by atoms with Gasteiger partial charge in [-0.1, -0.05) is 38.2 Å². The normalized spacial score (nSPS) is 11.6. The second-order valence-electron chi connectivity index (χ2n) is 7.69. The minimum Gasteiger partial charge on any atom is -0.441 e. The molecule has 0 spiro atoms. The van der Waals surface area contributed by atoms with E-state index in [2.05, 4.69) is 41.4 Å². The highest BCUT2D eigenvalue weighted by Gasteiger charge is 2.18. The van der Waals surface area contributed by atoms with Gasteiger partial charge >= 0.3 is 6.03 Å². The Bertz CT molecular complexity index is 1110. The fourth-order valence-corrected chi connectivity index (χ4v) is 3.22. The number of thiazole rings is 1. The van der Waals surface area contributed by atoms with E-state index in [1.165, 1.54) is 17.4 Å². The van der Waals surface area contributed by atoms with E-state index < -0.39 is 11.9 Å². The number of amides is 3. The van der Waals surface area contributed by atoms with Gasteiger partial charge in [-0.15, -0.1) is 0 Å². The molecule has 0 fully saturated rings. The molecule has 2 heterocycles. The summed E-state index contributed by atoms with van der Waals surface area (Å²) in [7, 11) is 0. The summed E-state index contributed by atoms with van der Waals surface area (Å²) in [5.74, 6) is 0.764. The number of oxazole rings is 1. The molecule has 3 rings (SSSR count). The van der Waals surface area contributed by atoms with Crippen LogP contribution in [0, 0.1) is 6.92 Å². The third kappa shape index (κ3) is 5.32. The summed E-state index contributed by atoms with van der Waals surface area (Å²) < 4.78 is 5.72. The number of hydrogen-bond donors (Lipinski definition) is 3. The van der Waals surface area contributed by atoms with Crippen LogP contribution >= 0.6 is 11.3 Å². The largest absolute Gasteiger partial charge is 0.441 e. The molecule has 8 nitrogen and oxygen atoms in total. The fraction of sp³-hybridized carbons (Fsp3) is 0.238. The van der Waals surface area contributed by atoms with Gasteiger partial charge in [0.25, 0.3) is 0 Å². The molecule has 0 radical (unpaired) electrons. The Morgan fingerprint density at radius 3 is 2.57 bits per heavy atom. The number of aromatic nitrogens is 2. The van der Waals surface area contributed by atoms with Crippen LogP contribution in [0.5, 0.6) is 0 Å². The lowest BCUT2D eigenvalue weighted by atomic mass is 9.94. The van der Waals surface area contributed by atoms with E-state index in [-0.39, 0.29) is 5.41 Å². The van der Waals surface area contributed by atoms with E-state index in [1.807, 2.05) is 6.08 Å². The first-order valence-corrected chi connectivity index (χ1v) is 10.0. The van der Waals surface area contributed by atoms with Crippen molar-refractivity contribution >= 4 is 46.2 Å². The van der Waals surface area contributed by atoms with Crippen molar-refractivity contribution in [2.45, 2.75) is 33.1 Å². The highest BCUT2D eigenvalue weighted by molar-refractivity contribution is 7.16. The third-order valence-electron chi connectivity index (χ3n) is 4.16. The number of anilines is 2. The first kappa shape index (κ1) is 21.3. The van der Waals surface area contributed by atoms with E-state index in [0.717, 1.165) is 16.2 Å². The third-order valence-corrected chi connectivity index (χ3v) is 5.04. The molecule has 0 aliphatic rings.